The highest BCUT2D eigenvalue weighted by atomic mass is 127. The van der Waals surface area contributed by atoms with E-state index in [2.05, 4.69) is 10.3 Å². The molecular weight excluding hydrogens is 377 g/mol. The molecule has 2 aliphatic rings. The summed E-state index contributed by atoms with van der Waals surface area (Å²) in [6.07, 6.45) is 8.00. The van der Waals surface area contributed by atoms with Crippen LogP contribution in [0.3, 0.4) is 0 Å². The molecule has 0 amide bonds. The first kappa shape index (κ1) is 17.0. The lowest BCUT2D eigenvalue weighted by Gasteiger charge is -2.14. The summed E-state index contributed by atoms with van der Waals surface area (Å²) in [5.41, 5.74) is 5.71. The lowest BCUT2D eigenvalue weighted by molar-refractivity contribution is 0.548. The molecule has 0 aliphatic heterocycles. The maximum absolute atomic E-state index is 11.3. The predicted molar refractivity (Wildman–Crippen MR) is 88.7 cm³/mol. The first-order valence-corrected chi connectivity index (χ1v) is 8.69. The average molecular weight is 401 g/mol. The summed E-state index contributed by atoms with van der Waals surface area (Å²) in [5.74, 6) is 0.710. The van der Waals surface area contributed by atoms with Gasteiger partial charge >= 0.3 is 0 Å². The molecule has 2 rings (SSSR count). The van der Waals surface area contributed by atoms with Crippen LogP contribution in [0.25, 0.3) is 0 Å². The number of hydrogen-bond acceptors (Lipinski definition) is 3. The lowest BCUT2D eigenvalue weighted by Crippen LogP contribution is -2.39. The molecule has 112 valence electrons. The van der Waals surface area contributed by atoms with Crippen molar-refractivity contribution in [2.45, 2.75) is 44.6 Å². The van der Waals surface area contributed by atoms with Crippen LogP contribution in [-0.4, -0.2) is 39.0 Å². The van der Waals surface area contributed by atoms with Crippen LogP contribution in [0.2, 0.25) is 0 Å². The number of aliphatic imine (C=N–C) groups is 1. The topological polar surface area (TPSA) is 84.5 Å². The second-order valence-corrected chi connectivity index (χ2v) is 8.04. The molecule has 0 unspecified atom stereocenters. The van der Waals surface area contributed by atoms with Gasteiger partial charge in [0.2, 0.25) is 0 Å². The van der Waals surface area contributed by atoms with Crippen molar-refractivity contribution >= 4 is 39.8 Å². The van der Waals surface area contributed by atoms with E-state index in [1.165, 1.54) is 19.1 Å². The van der Waals surface area contributed by atoms with Crippen molar-refractivity contribution in [1.29, 1.82) is 0 Å². The van der Waals surface area contributed by atoms with Crippen LogP contribution in [0.1, 0.15) is 38.5 Å². The summed E-state index contributed by atoms with van der Waals surface area (Å²) in [7, 11) is -2.92. The Kier molecular flexibility index (Phi) is 5.91. The Morgan fingerprint density at radius 3 is 2.42 bits per heavy atom. The van der Waals surface area contributed by atoms with Crippen molar-refractivity contribution in [3.63, 3.8) is 0 Å². The first-order chi connectivity index (χ1) is 8.39. The Bertz CT molecular complexity index is 426. The number of sulfone groups is 1. The van der Waals surface area contributed by atoms with Crippen molar-refractivity contribution < 1.29 is 8.42 Å². The molecule has 0 spiro atoms. The van der Waals surface area contributed by atoms with Crippen LogP contribution in [0.15, 0.2) is 4.99 Å². The molecule has 19 heavy (non-hydrogen) atoms. The summed E-state index contributed by atoms with van der Waals surface area (Å²) in [4.78, 5) is 4.32. The van der Waals surface area contributed by atoms with Crippen LogP contribution >= 0.6 is 24.0 Å². The fraction of sp³-hybridized carbons (Fsp3) is 0.917. The average Bonchev–Trinajstić information content (AvgIpc) is 2.79. The molecule has 0 bridgehead atoms. The Labute approximate surface area is 132 Å². The van der Waals surface area contributed by atoms with E-state index in [9.17, 15) is 8.42 Å². The second kappa shape index (κ2) is 6.60. The van der Waals surface area contributed by atoms with E-state index >= 15 is 0 Å². The summed E-state index contributed by atoms with van der Waals surface area (Å²) in [6, 6.07) is 0.457. The molecule has 0 atom stereocenters. The molecule has 2 saturated carbocycles. The quantitative estimate of drug-likeness (QED) is 0.413. The van der Waals surface area contributed by atoms with Gasteiger partial charge in [-0.2, -0.15) is 0 Å². The SMILES string of the molecule is CS(=O)(=O)CC1(CN=C(N)NC2CCCC2)CC1.I. The van der Waals surface area contributed by atoms with Crippen LogP contribution in [0.5, 0.6) is 0 Å². The van der Waals surface area contributed by atoms with E-state index in [0.717, 1.165) is 25.7 Å². The smallest absolute Gasteiger partial charge is 0.188 e. The molecule has 0 aromatic heterocycles. The van der Waals surface area contributed by atoms with Gasteiger partial charge in [-0.15, -0.1) is 24.0 Å². The highest BCUT2D eigenvalue weighted by Gasteiger charge is 2.45. The van der Waals surface area contributed by atoms with Crippen molar-refractivity contribution in [2.24, 2.45) is 16.1 Å². The minimum absolute atomic E-state index is 0. The van der Waals surface area contributed by atoms with E-state index < -0.39 is 9.84 Å². The van der Waals surface area contributed by atoms with E-state index in [-0.39, 0.29) is 35.1 Å². The van der Waals surface area contributed by atoms with Crippen LogP contribution < -0.4 is 11.1 Å². The zero-order valence-corrected chi connectivity index (χ0v) is 14.5. The number of rotatable bonds is 5. The highest BCUT2D eigenvalue weighted by Crippen LogP contribution is 2.46. The number of nitrogens with zero attached hydrogens (tertiary/aromatic N) is 1. The fourth-order valence-electron chi connectivity index (χ4n) is 2.66. The summed E-state index contributed by atoms with van der Waals surface area (Å²) >= 11 is 0. The second-order valence-electron chi connectivity index (χ2n) is 5.90. The number of guanidine groups is 1. The van der Waals surface area contributed by atoms with Crippen LogP contribution in [-0.2, 0) is 9.84 Å². The maximum atomic E-state index is 11.3. The molecule has 7 heteroatoms. The van der Waals surface area contributed by atoms with Gasteiger partial charge in [-0.05, 0) is 25.7 Å². The number of halogens is 1. The molecule has 3 N–H and O–H groups in total. The third kappa shape index (κ3) is 5.85. The van der Waals surface area contributed by atoms with Gasteiger partial charge in [0, 0.05) is 24.3 Å². The van der Waals surface area contributed by atoms with Crippen molar-refractivity contribution in [1.82, 2.24) is 5.32 Å². The highest BCUT2D eigenvalue weighted by molar-refractivity contribution is 14.0. The lowest BCUT2D eigenvalue weighted by atomic mass is 10.1. The third-order valence-corrected chi connectivity index (χ3v) is 4.95. The minimum Gasteiger partial charge on any atom is -0.370 e. The first-order valence-electron chi connectivity index (χ1n) is 6.63. The zero-order chi connectivity index (χ0) is 13.2. The van der Waals surface area contributed by atoms with Gasteiger partial charge in [0.15, 0.2) is 5.96 Å². The Morgan fingerprint density at radius 1 is 1.37 bits per heavy atom. The molecule has 2 aliphatic carbocycles. The molecule has 0 saturated heterocycles. The molecule has 5 nitrogen and oxygen atoms in total. The molecular formula is C12H24IN3O2S. The van der Waals surface area contributed by atoms with Crippen molar-refractivity contribution in [3.05, 3.63) is 0 Å². The number of hydrogen-bond donors (Lipinski definition) is 2. The van der Waals surface area contributed by atoms with Gasteiger partial charge in [-0.25, -0.2) is 8.42 Å². The normalized spacial score (nSPS) is 22.9. The third-order valence-electron chi connectivity index (χ3n) is 3.82. The fourth-order valence-corrected chi connectivity index (χ4v) is 4.15. The summed E-state index contributed by atoms with van der Waals surface area (Å²) in [6.45, 7) is 0.533. The van der Waals surface area contributed by atoms with E-state index in [1.807, 2.05) is 0 Å². The summed E-state index contributed by atoms with van der Waals surface area (Å²) < 4.78 is 22.6. The van der Waals surface area contributed by atoms with E-state index in [1.54, 1.807) is 0 Å². The molecule has 0 aromatic rings. The van der Waals surface area contributed by atoms with Crippen molar-refractivity contribution in [2.75, 3.05) is 18.6 Å². The number of nitrogens with two attached hydrogens (primary N) is 1. The van der Waals surface area contributed by atoms with Gasteiger partial charge in [0.05, 0.1) is 5.75 Å². The molecule has 2 fully saturated rings. The maximum Gasteiger partial charge on any atom is 0.188 e. The minimum atomic E-state index is -2.92. The largest absolute Gasteiger partial charge is 0.370 e. The number of nitrogens with one attached hydrogen (secondary N) is 1. The standard InChI is InChI=1S/C12H23N3O2S.HI/c1-18(16,17)9-12(6-7-12)8-14-11(13)15-10-4-2-3-5-10;/h10H,2-9H2,1H3,(H3,13,14,15);1H. The Balaban J connectivity index is 0.00000180. The van der Waals surface area contributed by atoms with E-state index in [0.29, 0.717) is 18.5 Å². The van der Waals surface area contributed by atoms with Crippen LogP contribution in [0, 0.1) is 5.41 Å². The molecule has 0 heterocycles. The summed E-state index contributed by atoms with van der Waals surface area (Å²) in [5, 5.41) is 3.22. The predicted octanol–water partition coefficient (Wildman–Crippen LogP) is 1.28. The van der Waals surface area contributed by atoms with Gasteiger partial charge in [0.25, 0.3) is 0 Å². The van der Waals surface area contributed by atoms with Gasteiger partial charge in [0.1, 0.15) is 9.84 Å². The zero-order valence-electron chi connectivity index (χ0n) is 11.4. The van der Waals surface area contributed by atoms with Gasteiger partial charge < -0.3 is 11.1 Å². The van der Waals surface area contributed by atoms with Crippen molar-refractivity contribution in [3.8, 4) is 0 Å². The molecule has 0 radical (unpaired) electrons. The van der Waals surface area contributed by atoms with Gasteiger partial charge in [-0.1, -0.05) is 12.8 Å². The van der Waals surface area contributed by atoms with E-state index in [4.69, 9.17) is 5.73 Å². The van der Waals surface area contributed by atoms with Gasteiger partial charge in [-0.3, -0.25) is 4.99 Å². The Hall–Kier alpha value is -0.0500. The Morgan fingerprint density at radius 2 is 1.95 bits per heavy atom. The monoisotopic (exact) mass is 401 g/mol. The molecule has 0 aromatic carbocycles. The van der Waals surface area contributed by atoms with Crippen LogP contribution in [0.4, 0.5) is 0 Å².